The Hall–Kier alpha value is -1.29. The van der Waals surface area contributed by atoms with Crippen molar-refractivity contribution < 1.29 is 9.53 Å². The van der Waals surface area contributed by atoms with Crippen molar-refractivity contribution in [1.29, 1.82) is 0 Å². The van der Waals surface area contributed by atoms with Gasteiger partial charge >= 0.3 is 5.97 Å². The molecular formula is C14H24N2O2. The normalized spacial score (nSPS) is 12.7. The van der Waals surface area contributed by atoms with Crippen LogP contribution in [0, 0.1) is 0 Å². The lowest BCUT2D eigenvalue weighted by Crippen LogP contribution is -2.19. The molecule has 18 heavy (non-hydrogen) atoms. The van der Waals surface area contributed by atoms with E-state index in [1.807, 2.05) is 36.9 Å². The highest BCUT2D eigenvalue weighted by Crippen LogP contribution is 2.12. The van der Waals surface area contributed by atoms with Crippen LogP contribution in [0.1, 0.15) is 45.7 Å². The van der Waals surface area contributed by atoms with Gasteiger partial charge in [0.05, 0.1) is 6.10 Å². The van der Waals surface area contributed by atoms with E-state index in [0.717, 1.165) is 13.0 Å². The predicted molar refractivity (Wildman–Crippen MR) is 72.4 cm³/mol. The van der Waals surface area contributed by atoms with Crippen molar-refractivity contribution in [1.82, 2.24) is 9.88 Å². The summed E-state index contributed by atoms with van der Waals surface area (Å²) in [5, 5.41) is 3.42. The third kappa shape index (κ3) is 4.92. The minimum atomic E-state index is -0.193. The lowest BCUT2D eigenvalue weighted by atomic mass is 10.2. The molecule has 0 radical (unpaired) electrons. The largest absolute Gasteiger partial charge is 0.462 e. The van der Waals surface area contributed by atoms with E-state index in [0.29, 0.717) is 6.04 Å². The van der Waals surface area contributed by atoms with Gasteiger partial charge in [0.2, 0.25) is 0 Å². The van der Waals surface area contributed by atoms with Crippen molar-refractivity contribution >= 4 is 5.97 Å². The molecule has 0 spiro atoms. The molecular weight excluding hydrogens is 228 g/mol. The topological polar surface area (TPSA) is 43.3 Å². The highest BCUT2D eigenvalue weighted by molar-refractivity contribution is 5.69. The van der Waals surface area contributed by atoms with E-state index in [1.54, 1.807) is 0 Å². The molecule has 0 aliphatic heterocycles. The molecule has 1 atom stereocenters. The number of nitrogens with zero attached hydrogens (tertiary/aromatic N) is 1. The van der Waals surface area contributed by atoms with Gasteiger partial charge in [-0.25, -0.2) is 0 Å². The number of ether oxygens (including phenoxy) is 1. The van der Waals surface area contributed by atoms with E-state index >= 15 is 0 Å². The molecule has 0 bridgehead atoms. The van der Waals surface area contributed by atoms with Gasteiger partial charge in [-0.15, -0.1) is 0 Å². The highest BCUT2D eigenvalue weighted by Gasteiger charge is 2.09. The van der Waals surface area contributed by atoms with Crippen LogP contribution >= 0.6 is 0 Å². The molecule has 0 aliphatic rings. The second-order valence-corrected chi connectivity index (χ2v) is 4.83. The second kappa shape index (κ2) is 7.21. The Bertz CT molecular complexity index is 372. The molecule has 102 valence electrons. The van der Waals surface area contributed by atoms with Crippen LogP contribution in [0.5, 0.6) is 0 Å². The van der Waals surface area contributed by atoms with Gasteiger partial charge < -0.3 is 14.6 Å². The van der Waals surface area contributed by atoms with Gasteiger partial charge in [-0.2, -0.15) is 0 Å². The summed E-state index contributed by atoms with van der Waals surface area (Å²) in [5.74, 6) is -0.193. The first-order chi connectivity index (χ1) is 8.52. The Morgan fingerprint density at radius 2 is 2.17 bits per heavy atom. The molecule has 0 fully saturated rings. The lowest BCUT2D eigenvalue weighted by Gasteiger charge is -2.11. The highest BCUT2D eigenvalue weighted by atomic mass is 16.5. The van der Waals surface area contributed by atoms with Crippen molar-refractivity contribution in [3.63, 3.8) is 0 Å². The van der Waals surface area contributed by atoms with Crippen molar-refractivity contribution in [3.8, 4) is 0 Å². The maximum atomic E-state index is 11.5. The van der Waals surface area contributed by atoms with Crippen molar-refractivity contribution in [2.75, 3.05) is 6.54 Å². The van der Waals surface area contributed by atoms with E-state index in [9.17, 15) is 4.79 Å². The van der Waals surface area contributed by atoms with Crippen LogP contribution in [0.2, 0.25) is 0 Å². The SMILES string of the molecule is CCCNC(C)c1ccn(CC(=O)OC(C)C)c1. The van der Waals surface area contributed by atoms with Gasteiger partial charge in [0.1, 0.15) is 6.54 Å². The lowest BCUT2D eigenvalue weighted by molar-refractivity contribution is -0.148. The molecule has 1 N–H and O–H groups in total. The van der Waals surface area contributed by atoms with Gasteiger partial charge in [-0.1, -0.05) is 6.92 Å². The molecule has 0 saturated heterocycles. The number of nitrogens with one attached hydrogen (secondary N) is 1. The number of esters is 1. The van der Waals surface area contributed by atoms with Crippen LogP contribution in [-0.2, 0) is 16.1 Å². The van der Waals surface area contributed by atoms with Gasteiger partial charge in [-0.05, 0) is 45.4 Å². The third-order valence-corrected chi connectivity index (χ3v) is 2.65. The summed E-state index contributed by atoms with van der Waals surface area (Å²) in [6.45, 7) is 9.26. The number of aromatic nitrogens is 1. The van der Waals surface area contributed by atoms with Crippen molar-refractivity contribution in [2.24, 2.45) is 0 Å². The standard InChI is InChI=1S/C14H24N2O2/c1-5-7-15-12(4)13-6-8-16(9-13)10-14(17)18-11(2)3/h6,8-9,11-12,15H,5,7,10H2,1-4H3. The molecule has 1 aromatic heterocycles. The van der Waals surface area contributed by atoms with Crippen LogP contribution < -0.4 is 5.32 Å². The number of hydrogen-bond acceptors (Lipinski definition) is 3. The summed E-state index contributed by atoms with van der Waals surface area (Å²) in [6, 6.07) is 2.35. The molecule has 0 aromatic carbocycles. The van der Waals surface area contributed by atoms with Crippen LogP contribution in [0.15, 0.2) is 18.5 Å². The number of carbonyl (C=O) groups excluding carboxylic acids is 1. The number of carbonyl (C=O) groups is 1. The van der Waals surface area contributed by atoms with Crippen LogP contribution in [0.3, 0.4) is 0 Å². The van der Waals surface area contributed by atoms with E-state index in [4.69, 9.17) is 4.74 Å². The van der Waals surface area contributed by atoms with Gasteiger partial charge in [0, 0.05) is 18.4 Å². The molecule has 4 nitrogen and oxygen atoms in total. The fourth-order valence-electron chi connectivity index (χ4n) is 1.74. The molecule has 1 rings (SSSR count). The predicted octanol–water partition coefficient (Wildman–Crippen LogP) is 2.50. The molecule has 4 heteroatoms. The van der Waals surface area contributed by atoms with E-state index in [2.05, 4.69) is 19.2 Å². The summed E-state index contributed by atoms with van der Waals surface area (Å²) >= 11 is 0. The van der Waals surface area contributed by atoms with Gasteiger partial charge in [-0.3, -0.25) is 4.79 Å². The second-order valence-electron chi connectivity index (χ2n) is 4.83. The first-order valence-corrected chi connectivity index (χ1v) is 6.61. The van der Waals surface area contributed by atoms with E-state index in [1.165, 1.54) is 5.56 Å². The van der Waals surface area contributed by atoms with Crippen LogP contribution in [-0.4, -0.2) is 23.2 Å². The summed E-state index contributed by atoms with van der Waals surface area (Å²) in [6.07, 6.45) is 4.97. The Labute approximate surface area is 109 Å². The summed E-state index contributed by atoms with van der Waals surface area (Å²) in [5.41, 5.74) is 1.20. The Morgan fingerprint density at radius 1 is 1.44 bits per heavy atom. The molecule has 0 amide bonds. The van der Waals surface area contributed by atoms with Crippen LogP contribution in [0.25, 0.3) is 0 Å². The number of hydrogen-bond donors (Lipinski definition) is 1. The molecule has 1 heterocycles. The smallest absolute Gasteiger partial charge is 0.326 e. The minimum absolute atomic E-state index is 0.0577. The molecule has 1 unspecified atom stereocenters. The Morgan fingerprint density at radius 3 is 2.78 bits per heavy atom. The zero-order valence-electron chi connectivity index (χ0n) is 11.8. The fraction of sp³-hybridized carbons (Fsp3) is 0.643. The zero-order chi connectivity index (χ0) is 13.5. The monoisotopic (exact) mass is 252 g/mol. The summed E-state index contributed by atoms with van der Waals surface area (Å²) < 4.78 is 6.98. The quantitative estimate of drug-likeness (QED) is 0.758. The van der Waals surface area contributed by atoms with Crippen LogP contribution in [0.4, 0.5) is 0 Å². The Kier molecular flexibility index (Phi) is 5.92. The average molecular weight is 252 g/mol. The summed E-state index contributed by atoms with van der Waals surface area (Å²) in [4.78, 5) is 11.5. The first-order valence-electron chi connectivity index (χ1n) is 6.61. The third-order valence-electron chi connectivity index (χ3n) is 2.65. The molecule has 1 aromatic rings. The van der Waals surface area contributed by atoms with Gasteiger partial charge in [0.15, 0.2) is 0 Å². The average Bonchev–Trinajstić information content (AvgIpc) is 2.73. The number of rotatable bonds is 7. The fourth-order valence-corrected chi connectivity index (χ4v) is 1.74. The van der Waals surface area contributed by atoms with Gasteiger partial charge in [0.25, 0.3) is 0 Å². The minimum Gasteiger partial charge on any atom is -0.462 e. The van der Waals surface area contributed by atoms with Crippen molar-refractivity contribution in [3.05, 3.63) is 24.0 Å². The molecule has 0 saturated carbocycles. The van der Waals surface area contributed by atoms with E-state index < -0.39 is 0 Å². The first kappa shape index (κ1) is 14.8. The maximum Gasteiger partial charge on any atom is 0.326 e. The maximum absolute atomic E-state index is 11.5. The van der Waals surface area contributed by atoms with Crippen molar-refractivity contribution in [2.45, 2.75) is 52.8 Å². The molecule has 0 aliphatic carbocycles. The van der Waals surface area contributed by atoms with E-state index in [-0.39, 0.29) is 18.6 Å². The Balaban J connectivity index is 2.50. The zero-order valence-corrected chi connectivity index (χ0v) is 11.8. The summed E-state index contributed by atoms with van der Waals surface area (Å²) in [7, 11) is 0.